The fourth-order valence-electron chi connectivity index (χ4n) is 1.95. The van der Waals surface area contributed by atoms with Crippen LogP contribution in [0.25, 0.3) is 0 Å². The fourth-order valence-corrected chi connectivity index (χ4v) is 2.93. The van der Waals surface area contributed by atoms with Crippen LogP contribution in [0, 0.1) is 11.3 Å². The minimum atomic E-state index is -2.91. The van der Waals surface area contributed by atoms with E-state index in [0.29, 0.717) is 11.3 Å². The third kappa shape index (κ3) is 1.08. The molecule has 1 aliphatic carbocycles. The van der Waals surface area contributed by atoms with Gasteiger partial charge in [-0.25, -0.2) is 12.7 Å². The molecule has 0 aromatic rings. The second-order valence-corrected chi connectivity index (χ2v) is 6.09. The van der Waals surface area contributed by atoms with E-state index in [1.54, 1.807) is 4.31 Å². The monoisotopic (exact) mass is 175 g/mol. The zero-order chi connectivity index (χ0) is 8.28. The van der Waals surface area contributed by atoms with Crippen LogP contribution in [-0.4, -0.2) is 32.1 Å². The van der Waals surface area contributed by atoms with Crippen molar-refractivity contribution in [1.29, 1.82) is 0 Å². The van der Waals surface area contributed by atoms with Crippen LogP contribution in [0.15, 0.2) is 0 Å². The molecule has 1 aliphatic heterocycles. The molecule has 0 radical (unpaired) electrons. The highest BCUT2D eigenvalue weighted by Gasteiger charge is 2.57. The molecule has 1 saturated carbocycles. The molecule has 2 rings (SSSR count). The van der Waals surface area contributed by atoms with E-state index < -0.39 is 10.0 Å². The van der Waals surface area contributed by atoms with Crippen LogP contribution < -0.4 is 0 Å². The quantitative estimate of drug-likeness (QED) is 0.574. The van der Waals surface area contributed by atoms with Gasteiger partial charge in [-0.3, -0.25) is 0 Å². The lowest BCUT2D eigenvalue weighted by molar-refractivity contribution is 0.418. The van der Waals surface area contributed by atoms with Crippen LogP contribution in [0.4, 0.5) is 0 Å². The predicted octanol–water partition coefficient (Wildman–Crippen LogP) is 0.288. The van der Waals surface area contributed by atoms with Gasteiger partial charge in [-0.2, -0.15) is 0 Å². The lowest BCUT2D eigenvalue weighted by Gasteiger charge is -2.15. The van der Waals surface area contributed by atoms with Crippen molar-refractivity contribution in [1.82, 2.24) is 4.31 Å². The smallest absolute Gasteiger partial charge is 0.211 e. The SMILES string of the molecule is CC12CC1CN(S(C)(=O)=O)C2. The van der Waals surface area contributed by atoms with Gasteiger partial charge in [0.15, 0.2) is 0 Å². The van der Waals surface area contributed by atoms with Crippen LogP contribution >= 0.6 is 0 Å². The number of sulfonamides is 1. The van der Waals surface area contributed by atoms with Gasteiger partial charge in [-0.05, 0) is 17.8 Å². The molecule has 3 nitrogen and oxygen atoms in total. The molecule has 0 N–H and O–H groups in total. The second kappa shape index (κ2) is 1.80. The lowest BCUT2D eigenvalue weighted by Crippen LogP contribution is -2.30. The van der Waals surface area contributed by atoms with E-state index >= 15 is 0 Å². The van der Waals surface area contributed by atoms with Crippen molar-refractivity contribution < 1.29 is 8.42 Å². The molecule has 0 aromatic carbocycles. The first-order chi connectivity index (χ1) is 4.92. The first kappa shape index (κ1) is 7.55. The van der Waals surface area contributed by atoms with E-state index in [1.165, 1.54) is 12.7 Å². The number of fused-ring (bicyclic) bond motifs is 1. The van der Waals surface area contributed by atoms with Crippen molar-refractivity contribution in [3.63, 3.8) is 0 Å². The van der Waals surface area contributed by atoms with Crippen molar-refractivity contribution in [3.05, 3.63) is 0 Å². The molecule has 2 fully saturated rings. The first-order valence-corrected chi connectivity index (χ1v) is 5.72. The van der Waals surface area contributed by atoms with Crippen molar-refractivity contribution in [2.45, 2.75) is 13.3 Å². The summed E-state index contributed by atoms with van der Waals surface area (Å²) in [6.07, 6.45) is 2.51. The number of hydrogen-bond donors (Lipinski definition) is 0. The molecule has 1 saturated heterocycles. The van der Waals surface area contributed by atoms with Gasteiger partial charge in [-0.1, -0.05) is 6.92 Å². The minimum Gasteiger partial charge on any atom is -0.213 e. The van der Waals surface area contributed by atoms with Crippen molar-refractivity contribution in [3.8, 4) is 0 Å². The van der Waals surface area contributed by atoms with Gasteiger partial charge in [-0.15, -0.1) is 0 Å². The number of piperidine rings is 1. The molecule has 0 bridgehead atoms. The summed E-state index contributed by atoms with van der Waals surface area (Å²) >= 11 is 0. The van der Waals surface area contributed by atoms with Crippen molar-refractivity contribution in [2.75, 3.05) is 19.3 Å². The summed E-state index contributed by atoms with van der Waals surface area (Å²) in [4.78, 5) is 0. The van der Waals surface area contributed by atoms with Crippen molar-refractivity contribution >= 4 is 10.0 Å². The van der Waals surface area contributed by atoms with Gasteiger partial charge in [0.2, 0.25) is 10.0 Å². The maximum Gasteiger partial charge on any atom is 0.211 e. The Bertz CT molecular complexity index is 285. The van der Waals surface area contributed by atoms with Crippen LogP contribution in [0.5, 0.6) is 0 Å². The molecule has 0 aromatic heterocycles. The molecule has 0 amide bonds. The zero-order valence-corrected chi connectivity index (χ0v) is 7.69. The molecule has 2 atom stereocenters. The van der Waals surface area contributed by atoms with E-state index in [9.17, 15) is 8.42 Å². The Balaban J connectivity index is 2.14. The highest BCUT2D eigenvalue weighted by molar-refractivity contribution is 7.88. The predicted molar refractivity (Wildman–Crippen MR) is 42.6 cm³/mol. The molecule has 1 heterocycles. The summed E-state index contributed by atoms with van der Waals surface area (Å²) in [5.74, 6) is 0.650. The Kier molecular flexibility index (Phi) is 1.24. The highest BCUT2D eigenvalue weighted by atomic mass is 32.2. The zero-order valence-electron chi connectivity index (χ0n) is 6.87. The van der Waals surface area contributed by atoms with Crippen LogP contribution in [0.2, 0.25) is 0 Å². The summed E-state index contributed by atoms with van der Waals surface area (Å²) in [5.41, 5.74) is 0.336. The van der Waals surface area contributed by atoms with Gasteiger partial charge in [0.25, 0.3) is 0 Å². The van der Waals surface area contributed by atoms with E-state index in [0.717, 1.165) is 13.1 Å². The molecular formula is C7H13NO2S. The highest BCUT2D eigenvalue weighted by Crippen LogP contribution is 2.57. The van der Waals surface area contributed by atoms with Gasteiger partial charge in [0.05, 0.1) is 6.26 Å². The van der Waals surface area contributed by atoms with Gasteiger partial charge >= 0.3 is 0 Å². The molecule has 2 aliphatic rings. The van der Waals surface area contributed by atoms with E-state index in [-0.39, 0.29) is 0 Å². The Labute approximate surface area is 67.4 Å². The number of nitrogens with zero attached hydrogens (tertiary/aromatic N) is 1. The molecule has 11 heavy (non-hydrogen) atoms. The average molecular weight is 175 g/mol. The minimum absolute atomic E-state index is 0.336. The maximum absolute atomic E-state index is 11.1. The van der Waals surface area contributed by atoms with Crippen molar-refractivity contribution in [2.24, 2.45) is 11.3 Å². The molecular weight excluding hydrogens is 162 g/mol. The molecule has 2 unspecified atom stereocenters. The third-order valence-electron chi connectivity index (χ3n) is 2.97. The lowest BCUT2D eigenvalue weighted by atomic mass is 10.1. The topological polar surface area (TPSA) is 37.4 Å². The van der Waals surface area contributed by atoms with E-state index in [2.05, 4.69) is 6.92 Å². The van der Waals surface area contributed by atoms with Crippen LogP contribution in [-0.2, 0) is 10.0 Å². The average Bonchev–Trinajstić information content (AvgIpc) is 2.30. The summed E-state index contributed by atoms with van der Waals surface area (Å²) in [5, 5.41) is 0. The summed E-state index contributed by atoms with van der Waals surface area (Å²) < 4.78 is 23.7. The van der Waals surface area contributed by atoms with Crippen LogP contribution in [0.1, 0.15) is 13.3 Å². The first-order valence-electron chi connectivity index (χ1n) is 3.87. The summed E-state index contributed by atoms with van der Waals surface area (Å²) in [6.45, 7) is 3.68. The second-order valence-electron chi connectivity index (χ2n) is 4.11. The summed E-state index contributed by atoms with van der Waals surface area (Å²) in [6, 6.07) is 0. The Hall–Kier alpha value is -0.0900. The molecule has 64 valence electrons. The standard InChI is InChI=1S/C7H13NO2S/c1-7-3-6(7)4-8(5-7)11(2,9)10/h6H,3-5H2,1-2H3. The summed E-state index contributed by atoms with van der Waals surface area (Å²) in [7, 11) is -2.91. The fraction of sp³-hybridized carbons (Fsp3) is 1.00. The maximum atomic E-state index is 11.1. The Morgan fingerprint density at radius 1 is 1.55 bits per heavy atom. The number of hydrogen-bond acceptors (Lipinski definition) is 2. The van der Waals surface area contributed by atoms with Crippen LogP contribution in [0.3, 0.4) is 0 Å². The van der Waals surface area contributed by atoms with Gasteiger partial charge in [0, 0.05) is 13.1 Å². The molecule has 4 heteroatoms. The number of rotatable bonds is 1. The van der Waals surface area contributed by atoms with E-state index in [4.69, 9.17) is 0 Å². The Morgan fingerprint density at radius 3 is 2.45 bits per heavy atom. The van der Waals surface area contributed by atoms with E-state index in [1.807, 2.05) is 0 Å². The van der Waals surface area contributed by atoms with Gasteiger partial charge < -0.3 is 0 Å². The Morgan fingerprint density at radius 2 is 2.18 bits per heavy atom. The third-order valence-corrected chi connectivity index (χ3v) is 4.18. The normalized spacial score (nSPS) is 44.0. The molecule has 0 spiro atoms. The largest absolute Gasteiger partial charge is 0.213 e. The van der Waals surface area contributed by atoms with Gasteiger partial charge in [0.1, 0.15) is 0 Å².